The zero-order chi connectivity index (χ0) is 22.5. The molecule has 5 heteroatoms. The highest BCUT2D eigenvalue weighted by Gasteiger charge is 2.11. The molecule has 0 bridgehead atoms. The van der Waals surface area contributed by atoms with Gasteiger partial charge in [0.1, 0.15) is 12.4 Å². The smallest absolute Gasteiger partial charge is 0.337 e. The van der Waals surface area contributed by atoms with Crippen LogP contribution in [0.5, 0.6) is 5.75 Å². The molecular formula is C25H35NO4. The van der Waals surface area contributed by atoms with Crippen LogP contribution in [0.4, 0.5) is 5.69 Å². The number of esters is 1. The van der Waals surface area contributed by atoms with Gasteiger partial charge in [0.15, 0.2) is 0 Å². The van der Waals surface area contributed by atoms with Crippen molar-refractivity contribution in [2.24, 2.45) is 0 Å². The van der Waals surface area contributed by atoms with Gasteiger partial charge in [-0.15, -0.1) is 0 Å². The summed E-state index contributed by atoms with van der Waals surface area (Å²) in [6.45, 7) is 10.3. The molecule has 164 valence electrons. The summed E-state index contributed by atoms with van der Waals surface area (Å²) in [5, 5.41) is 2.72. The highest BCUT2D eigenvalue weighted by atomic mass is 16.5. The van der Waals surface area contributed by atoms with E-state index in [4.69, 9.17) is 9.47 Å². The van der Waals surface area contributed by atoms with Crippen LogP contribution in [0.15, 0.2) is 53.1 Å². The zero-order valence-corrected chi connectivity index (χ0v) is 19.1. The number of carbonyl (C=O) groups is 2. The Morgan fingerprint density at radius 2 is 1.57 bits per heavy atom. The summed E-state index contributed by atoms with van der Waals surface area (Å²) < 4.78 is 10.6. The summed E-state index contributed by atoms with van der Waals surface area (Å²) in [4.78, 5) is 23.2. The molecule has 1 aromatic carbocycles. The molecule has 1 rings (SSSR count). The van der Waals surface area contributed by atoms with Gasteiger partial charge in [0.05, 0.1) is 18.4 Å². The van der Waals surface area contributed by atoms with Crippen molar-refractivity contribution in [3.8, 4) is 5.75 Å². The van der Waals surface area contributed by atoms with Crippen molar-refractivity contribution in [1.82, 2.24) is 0 Å². The van der Waals surface area contributed by atoms with E-state index in [1.165, 1.54) is 30.8 Å². The predicted octanol–water partition coefficient (Wildman–Crippen LogP) is 6.23. The summed E-state index contributed by atoms with van der Waals surface area (Å²) in [5.74, 6) is -0.219. The number of carbonyl (C=O) groups excluding carboxylic acids is 2. The first-order valence-corrected chi connectivity index (χ1v) is 10.3. The Balaban J connectivity index is 2.65. The Labute approximate surface area is 180 Å². The lowest BCUT2D eigenvalue weighted by molar-refractivity contribution is -0.114. The SMILES string of the molecule is COC(=O)c1ccc(NC(C)=O)c(OCC=C(C)CCC=C(C)CCC=C(C)C)c1. The molecule has 0 unspecified atom stereocenters. The molecule has 0 saturated carbocycles. The van der Waals surface area contributed by atoms with Gasteiger partial charge in [-0.25, -0.2) is 4.79 Å². The quantitative estimate of drug-likeness (QED) is 0.345. The van der Waals surface area contributed by atoms with Crippen molar-refractivity contribution in [3.05, 3.63) is 58.7 Å². The van der Waals surface area contributed by atoms with Crippen LogP contribution < -0.4 is 10.1 Å². The van der Waals surface area contributed by atoms with Gasteiger partial charge in [0.25, 0.3) is 0 Å². The minimum Gasteiger partial charge on any atom is -0.487 e. The number of hydrogen-bond acceptors (Lipinski definition) is 4. The lowest BCUT2D eigenvalue weighted by atomic mass is 10.1. The van der Waals surface area contributed by atoms with Gasteiger partial charge in [-0.1, -0.05) is 28.9 Å². The monoisotopic (exact) mass is 413 g/mol. The molecule has 0 aliphatic rings. The number of amides is 1. The van der Waals surface area contributed by atoms with Crippen molar-refractivity contribution < 1.29 is 19.1 Å². The minimum atomic E-state index is -0.451. The number of rotatable bonds is 11. The fraction of sp³-hybridized carbons (Fsp3) is 0.440. The van der Waals surface area contributed by atoms with E-state index < -0.39 is 5.97 Å². The van der Waals surface area contributed by atoms with E-state index in [-0.39, 0.29) is 5.91 Å². The van der Waals surface area contributed by atoms with Crippen LogP contribution in [0.1, 0.15) is 70.7 Å². The average molecular weight is 414 g/mol. The van der Waals surface area contributed by atoms with E-state index >= 15 is 0 Å². The number of methoxy groups -OCH3 is 1. The van der Waals surface area contributed by atoms with Crippen LogP contribution in [0.3, 0.4) is 0 Å². The second-order valence-electron chi connectivity index (χ2n) is 7.65. The van der Waals surface area contributed by atoms with Crippen LogP contribution in [-0.2, 0) is 9.53 Å². The van der Waals surface area contributed by atoms with E-state index in [9.17, 15) is 9.59 Å². The molecule has 5 nitrogen and oxygen atoms in total. The topological polar surface area (TPSA) is 64.6 Å². The van der Waals surface area contributed by atoms with E-state index in [0.29, 0.717) is 23.6 Å². The molecule has 0 aliphatic carbocycles. The van der Waals surface area contributed by atoms with E-state index in [0.717, 1.165) is 25.7 Å². The fourth-order valence-corrected chi connectivity index (χ4v) is 2.79. The highest BCUT2D eigenvalue weighted by molar-refractivity contribution is 5.94. The minimum absolute atomic E-state index is 0.205. The third kappa shape index (κ3) is 10.1. The van der Waals surface area contributed by atoms with Gasteiger partial charge in [-0.05, 0) is 77.7 Å². The van der Waals surface area contributed by atoms with Crippen molar-refractivity contribution in [1.29, 1.82) is 0 Å². The van der Waals surface area contributed by atoms with Crippen molar-refractivity contribution in [3.63, 3.8) is 0 Å². The third-order valence-electron chi connectivity index (χ3n) is 4.51. The average Bonchev–Trinajstić information content (AvgIpc) is 2.67. The lowest BCUT2D eigenvalue weighted by Crippen LogP contribution is -2.09. The molecule has 0 aliphatic heterocycles. The second kappa shape index (κ2) is 13.4. The maximum atomic E-state index is 11.8. The van der Waals surface area contributed by atoms with Crippen molar-refractivity contribution in [2.45, 2.75) is 60.3 Å². The van der Waals surface area contributed by atoms with Gasteiger partial charge < -0.3 is 14.8 Å². The normalized spacial score (nSPS) is 11.7. The molecule has 30 heavy (non-hydrogen) atoms. The maximum absolute atomic E-state index is 11.8. The Hall–Kier alpha value is -2.82. The Morgan fingerprint density at radius 3 is 2.17 bits per heavy atom. The van der Waals surface area contributed by atoms with Gasteiger partial charge in [0, 0.05) is 6.92 Å². The highest BCUT2D eigenvalue weighted by Crippen LogP contribution is 2.26. The first-order valence-electron chi connectivity index (χ1n) is 10.3. The number of benzene rings is 1. The first-order chi connectivity index (χ1) is 14.2. The van der Waals surface area contributed by atoms with Crippen LogP contribution in [0.25, 0.3) is 0 Å². The van der Waals surface area contributed by atoms with Crippen LogP contribution in [-0.4, -0.2) is 25.6 Å². The van der Waals surface area contributed by atoms with Crippen LogP contribution in [0, 0.1) is 0 Å². The molecule has 0 fully saturated rings. The molecule has 0 aromatic heterocycles. The number of allylic oxidation sites excluding steroid dienone is 5. The van der Waals surface area contributed by atoms with Crippen molar-refractivity contribution >= 4 is 17.6 Å². The second-order valence-corrected chi connectivity index (χ2v) is 7.65. The van der Waals surface area contributed by atoms with E-state index in [1.54, 1.807) is 18.2 Å². The molecular weight excluding hydrogens is 378 g/mol. The number of ether oxygens (including phenoxy) is 2. The molecule has 0 atom stereocenters. The van der Waals surface area contributed by atoms with E-state index in [2.05, 4.69) is 45.2 Å². The van der Waals surface area contributed by atoms with Gasteiger partial charge in [-0.2, -0.15) is 0 Å². The van der Waals surface area contributed by atoms with Gasteiger partial charge in [-0.3, -0.25) is 4.79 Å². The standard InChI is InChI=1S/C25H35NO4/c1-18(2)9-7-10-19(3)11-8-12-20(4)15-16-30-24-17-22(25(28)29-6)13-14-23(24)26-21(5)27/h9,11,13-15,17H,7-8,10,12,16H2,1-6H3,(H,26,27). The van der Waals surface area contributed by atoms with Gasteiger partial charge in [0.2, 0.25) is 5.91 Å². The third-order valence-corrected chi connectivity index (χ3v) is 4.51. The van der Waals surface area contributed by atoms with Gasteiger partial charge >= 0.3 is 5.97 Å². The fourth-order valence-electron chi connectivity index (χ4n) is 2.79. The molecule has 1 amide bonds. The number of anilines is 1. The lowest BCUT2D eigenvalue weighted by Gasteiger charge is -2.12. The molecule has 0 radical (unpaired) electrons. The largest absolute Gasteiger partial charge is 0.487 e. The molecule has 0 spiro atoms. The van der Waals surface area contributed by atoms with Crippen LogP contribution >= 0.6 is 0 Å². The summed E-state index contributed by atoms with van der Waals surface area (Å²) >= 11 is 0. The molecule has 1 N–H and O–H groups in total. The first kappa shape index (κ1) is 25.2. The Bertz CT molecular complexity index is 814. The summed E-state index contributed by atoms with van der Waals surface area (Å²) in [6.07, 6.45) is 10.7. The number of hydrogen-bond donors (Lipinski definition) is 1. The molecule has 1 aromatic rings. The molecule has 0 saturated heterocycles. The maximum Gasteiger partial charge on any atom is 0.337 e. The Morgan fingerprint density at radius 1 is 0.933 bits per heavy atom. The number of nitrogens with one attached hydrogen (secondary N) is 1. The summed E-state index contributed by atoms with van der Waals surface area (Å²) in [7, 11) is 1.33. The Kier molecular flexibility index (Phi) is 11.3. The molecule has 0 heterocycles. The van der Waals surface area contributed by atoms with Crippen LogP contribution in [0.2, 0.25) is 0 Å². The zero-order valence-electron chi connectivity index (χ0n) is 19.1. The predicted molar refractivity (Wildman–Crippen MR) is 123 cm³/mol. The van der Waals surface area contributed by atoms with E-state index in [1.807, 2.05) is 6.08 Å². The summed E-state index contributed by atoms with van der Waals surface area (Å²) in [5.41, 5.74) is 4.90. The summed E-state index contributed by atoms with van der Waals surface area (Å²) in [6, 6.07) is 4.82. The van der Waals surface area contributed by atoms with Crippen molar-refractivity contribution in [2.75, 3.05) is 19.0 Å².